The third-order valence-electron chi connectivity index (χ3n) is 4.58. The molecule has 1 aromatic heterocycles. The highest BCUT2D eigenvalue weighted by molar-refractivity contribution is 7.12. The summed E-state index contributed by atoms with van der Waals surface area (Å²) in [7, 11) is 1.64. The van der Waals surface area contributed by atoms with Crippen molar-refractivity contribution in [2.75, 3.05) is 20.2 Å². The Labute approximate surface area is 161 Å². The molecule has 1 N–H and O–H groups in total. The number of Topliss-reactive ketones (excluding diaryl/α,β-unsaturated/α-hetero) is 1. The smallest absolute Gasteiger partial charge is 0.207 e. The van der Waals surface area contributed by atoms with Gasteiger partial charge in [0.2, 0.25) is 5.78 Å². The molecule has 0 radical (unpaired) electrons. The van der Waals surface area contributed by atoms with Crippen LogP contribution in [-0.4, -0.2) is 30.9 Å². The summed E-state index contributed by atoms with van der Waals surface area (Å²) in [5, 5.41) is 14.5. The van der Waals surface area contributed by atoms with Crippen molar-refractivity contribution in [1.82, 2.24) is 10.2 Å². The largest absolute Gasteiger partial charge is 0.497 e. The summed E-state index contributed by atoms with van der Waals surface area (Å²) in [6, 6.07) is 13.5. The second-order valence-electron chi connectivity index (χ2n) is 6.10. The highest BCUT2D eigenvalue weighted by Crippen LogP contribution is 2.37. The van der Waals surface area contributed by atoms with Crippen LogP contribution in [0.25, 0.3) is 5.70 Å². The monoisotopic (exact) mass is 375 g/mol. The molecule has 2 aliphatic heterocycles. The van der Waals surface area contributed by atoms with Gasteiger partial charge in [-0.3, -0.25) is 4.79 Å². The van der Waals surface area contributed by atoms with E-state index in [2.05, 4.69) is 16.3 Å². The minimum absolute atomic E-state index is 0.0640. The molecule has 27 heavy (non-hydrogen) atoms. The minimum Gasteiger partial charge on any atom is -0.497 e. The summed E-state index contributed by atoms with van der Waals surface area (Å²) >= 11 is 1.41. The Morgan fingerprint density at radius 2 is 2.15 bits per heavy atom. The predicted octanol–water partition coefficient (Wildman–Crippen LogP) is 3.56. The Hall–Kier alpha value is -3.30. The fourth-order valence-corrected chi connectivity index (χ4v) is 4.02. The zero-order valence-corrected chi connectivity index (χ0v) is 15.5. The maximum Gasteiger partial charge on any atom is 0.207 e. The van der Waals surface area contributed by atoms with Crippen LogP contribution in [0, 0.1) is 11.3 Å². The zero-order valence-electron chi connectivity index (χ0n) is 14.7. The quantitative estimate of drug-likeness (QED) is 0.654. The van der Waals surface area contributed by atoms with Gasteiger partial charge < -0.3 is 15.0 Å². The van der Waals surface area contributed by atoms with Crippen molar-refractivity contribution in [2.24, 2.45) is 0 Å². The van der Waals surface area contributed by atoms with Gasteiger partial charge in [-0.05, 0) is 47.4 Å². The molecule has 0 saturated carbocycles. The normalized spacial score (nSPS) is 17.3. The molecule has 3 heterocycles. The summed E-state index contributed by atoms with van der Waals surface area (Å²) in [6.07, 6.45) is 3.36. The third-order valence-corrected chi connectivity index (χ3v) is 5.45. The lowest BCUT2D eigenvalue weighted by atomic mass is 9.94. The van der Waals surface area contributed by atoms with E-state index in [0.29, 0.717) is 16.0 Å². The van der Waals surface area contributed by atoms with Crippen molar-refractivity contribution < 1.29 is 9.53 Å². The minimum atomic E-state index is -0.0640. The fourth-order valence-electron chi connectivity index (χ4n) is 3.35. The zero-order chi connectivity index (χ0) is 18.8. The van der Waals surface area contributed by atoms with Gasteiger partial charge in [-0.25, -0.2) is 0 Å². The molecule has 0 aliphatic carbocycles. The van der Waals surface area contributed by atoms with Crippen LogP contribution < -0.4 is 10.1 Å². The van der Waals surface area contributed by atoms with Crippen LogP contribution in [-0.2, 0) is 0 Å². The number of thiophene rings is 1. The summed E-state index contributed by atoms with van der Waals surface area (Å²) in [4.78, 5) is 15.9. The summed E-state index contributed by atoms with van der Waals surface area (Å²) in [6.45, 7) is 1.50. The topological polar surface area (TPSA) is 65.4 Å². The molecule has 0 spiro atoms. The molecule has 2 aromatic rings. The molecule has 6 heteroatoms. The first-order chi connectivity index (χ1) is 13.2. The van der Waals surface area contributed by atoms with Gasteiger partial charge in [-0.2, -0.15) is 5.26 Å². The number of methoxy groups -OCH3 is 1. The van der Waals surface area contributed by atoms with Gasteiger partial charge in [-0.1, -0.05) is 6.07 Å². The molecule has 0 amide bonds. The van der Waals surface area contributed by atoms with E-state index in [9.17, 15) is 10.1 Å². The number of ether oxygens (including phenoxy) is 1. The maximum absolute atomic E-state index is 13.1. The Bertz CT molecular complexity index is 1010. The molecule has 1 saturated heterocycles. The van der Waals surface area contributed by atoms with Crippen molar-refractivity contribution in [3.05, 3.63) is 81.3 Å². The van der Waals surface area contributed by atoms with Gasteiger partial charge in [0.15, 0.2) is 0 Å². The number of carbonyl (C=O) groups is 1. The Morgan fingerprint density at radius 3 is 2.81 bits per heavy atom. The van der Waals surface area contributed by atoms with Gasteiger partial charge in [-0.15, -0.1) is 11.3 Å². The highest BCUT2D eigenvalue weighted by Gasteiger charge is 2.33. The second kappa shape index (κ2) is 7.14. The Kier molecular flexibility index (Phi) is 4.53. The first-order valence-electron chi connectivity index (χ1n) is 8.53. The molecule has 4 rings (SSSR count). The summed E-state index contributed by atoms with van der Waals surface area (Å²) in [5.41, 5.74) is 3.14. The maximum atomic E-state index is 13.1. The van der Waals surface area contributed by atoms with E-state index in [1.165, 1.54) is 17.4 Å². The van der Waals surface area contributed by atoms with Crippen LogP contribution in [0.4, 0.5) is 0 Å². The molecular formula is C21H17N3O2S. The average molecular weight is 375 g/mol. The van der Waals surface area contributed by atoms with E-state index < -0.39 is 0 Å². The highest BCUT2D eigenvalue weighted by atomic mass is 32.1. The number of nitrogens with zero attached hydrogens (tertiary/aromatic N) is 2. The van der Waals surface area contributed by atoms with Crippen LogP contribution in [0.5, 0.6) is 5.75 Å². The van der Waals surface area contributed by atoms with Crippen molar-refractivity contribution >= 4 is 22.8 Å². The number of nitrogens with one attached hydrogen (secondary N) is 1. The number of nitriles is 1. The molecule has 5 nitrogen and oxygen atoms in total. The number of ketones is 1. The summed E-state index contributed by atoms with van der Waals surface area (Å²) < 4.78 is 5.24. The van der Waals surface area contributed by atoms with Gasteiger partial charge in [0.25, 0.3) is 0 Å². The Balaban J connectivity index is 1.82. The number of allylic oxidation sites excluding steroid dienone is 4. The van der Waals surface area contributed by atoms with Crippen molar-refractivity contribution in [3.63, 3.8) is 0 Å². The molecule has 2 aliphatic rings. The van der Waals surface area contributed by atoms with Gasteiger partial charge in [0.1, 0.15) is 11.6 Å². The predicted molar refractivity (Wildman–Crippen MR) is 105 cm³/mol. The van der Waals surface area contributed by atoms with Crippen LogP contribution in [0.15, 0.2) is 70.9 Å². The third kappa shape index (κ3) is 3.03. The standard InChI is InChI=1S/C21H17N3O2S/c1-26-16-6-4-14(5-7-16)17-13-15(8-9-22)19(21-23-10-11-24(17)21)20(25)18-3-2-12-27-18/h2-8,12-13,23H,10-11H2,1H3/b15-8+. The number of rotatable bonds is 4. The van der Waals surface area contributed by atoms with Gasteiger partial charge >= 0.3 is 0 Å². The molecule has 0 atom stereocenters. The number of carbonyl (C=O) groups excluding carboxylic acids is 1. The van der Waals surface area contributed by atoms with E-state index in [-0.39, 0.29) is 5.78 Å². The fraction of sp³-hybridized carbons (Fsp3) is 0.143. The lowest BCUT2D eigenvalue weighted by molar-refractivity contribution is 0.103. The number of hydrogen-bond acceptors (Lipinski definition) is 6. The molecule has 134 valence electrons. The van der Waals surface area contributed by atoms with Gasteiger partial charge in [0.05, 0.1) is 29.3 Å². The van der Waals surface area contributed by atoms with Crippen LogP contribution in [0.2, 0.25) is 0 Å². The summed E-state index contributed by atoms with van der Waals surface area (Å²) in [5.74, 6) is 1.49. The SMILES string of the molecule is COc1ccc(C2=C/C(=C\C#N)C(C(=O)c3cccs3)=C3NCCN23)cc1. The van der Waals surface area contributed by atoms with Crippen LogP contribution >= 0.6 is 11.3 Å². The molecule has 0 unspecified atom stereocenters. The van der Waals surface area contributed by atoms with E-state index >= 15 is 0 Å². The molecule has 1 fully saturated rings. The Morgan fingerprint density at radius 1 is 1.33 bits per heavy atom. The number of hydrogen-bond donors (Lipinski definition) is 1. The van der Waals surface area contributed by atoms with Crippen molar-refractivity contribution in [3.8, 4) is 11.8 Å². The van der Waals surface area contributed by atoms with E-state index in [4.69, 9.17) is 4.74 Å². The van der Waals surface area contributed by atoms with Crippen molar-refractivity contribution in [2.45, 2.75) is 0 Å². The van der Waals surface area contributed by atoms with Crippen LogP contribution in [0.3, 0.4) is 0 Å². The number of fused-ring (bicyclic) bond motifs is 1. The van der Waals surface area contributed by atoms with E-state index in [1.54, 1.807) is 7.11 Å². The molecule has 0 bridgehead atoms. The van der Waals surface area contributed by atoms with Crippen LogP contribution in [0.1, 0.15) is 15.2 Å². The number of benzene rings is 1. The van der Waals surface area contributed by atoms with Crippen molar-refractivity contribution in [1.29, 1.82) is 5.26 Å². The first-order valence-corrected chi connectivity index (χ1v) is 9.41. The second-order valence-corrected chi connectivity index (χ2v) is 7.04. The molecule has 1 aromatic carbocycles. The lowest BCUT2D eigenvalue weighted by Gasteiger charge is -2.29. The lowest BCUT2D eigenvalue weighted by Crippen LogP contribution is -2.27. The first kappa shape index (κ1) is 17.1. The molecular weight excluding hydrogens is 358 g/mol. The van der Waals surface area contributed by atoms with Gasteiger partial charge in [0, 0.05) is 24.7 Å². The van der Waals surface area contributed by atoms with E-state index in [1.807, 2.05) is 47.9 Å². The van der Waals surface area contributed by atoms with E-state index in [0.717, 1.165) is 35.9 Å². The average Bonchev–Trinajstić information content (AvgIpc) is 3.39.